The van der Waals surface area contributed by atoms with Crippen molar-refractivity contribution >= 4 is 17.3 Å². The van der Waals surface area contributed by atoms with Crippen molar-refractivity contribution in [2.45, 2.75) is 26.2 Å². The third kappa shape index (κ3) is 3.14. The summed E-state index contributed by atoms with van der Waals surface area (Å²) in [6.45, 7) is 3.27. The SMILES string of the molecule is CC1CCC(CNc2ccc(Cl)cc2C#N)C1. The third-order valence-electron chi connectivity index (χ3n) is 3.49. The topological polar surface area (TPSA) is 35.8 Å². The van der Waals surface area contributed by atoms with Gasteiger partial charge in [-0.1, -0.05) is 24.9 Å². The van der Waals surface area contributed by atoms with Crippen LogP contribution in [0.25, 0.3) is 0 Å². The van der Waals surface area contributed by atoms with Crippen molar-refractivity contribution < 1.29 is 0 Å². The van der Waals surface area contributed by atoms with Crippen molar-refractivity contribution in [3.8, 4) is 6.07 Å². The van der Waals surface area contributed by atoms with Gasteiger partial charge in [0, 0.05) is 11.6 Å². The molecule has 2 atom stereocenters. The van der Waals surface area contributed by atoms with E-state index in [2.05, 4.69) is 18.3 Å². The van der Waals surface area contributed by atoms with Gasteiger partial charge in [0.15, 0.2) is 0 Å². The van der Waals surface area contributed by atoms with Gasteiger partial charge in [-0.3, -0.25) is 0 Å². The number of benzene rings is 1. The molecule has 3 heteroatoms. The van der Waals surface area contributed by atoms with Gasteiger partial charge in [-0.15, -0.1) is 0 Å². The fraction of sp³-hybridized carbons (Fsp3) is 0.500. The van der Waals surface area contributed by atoms with Gasteiger partial charge in [-0.25, -0.2) is 0 Å². The first-order chi connectivity index (χ1) is 8.19. The summed E-state index contributed by atoms with van der Waals surface area (Å²) in [7, 11) is 0. The highest BCUT2D eigenvalue weighted by molar-refractivity contribution is 6.30. The van der Waals surface area contributed by atoms with Gasteiger partial charge in [0.05, 0.1) is 11.3 Å². The molecule has 0 bridgehead atoms. The number of nitrogens with one attached hydrogen (secondary N) is 1. The van der Waals surface area contributed by atoms with Crippen LogP contribution in [0.15, 0.2) is 18.2 Å². The van der Waals surface area contributed by atoms with Gasteiger partial charge in [0.2, 0.25) is 0 Å². The monoisotopic (exact) mass is 248 g/mol. The fourth-order valence-corrected chi connectivity index (χ4v) is 2.70. The average Bonchev–Trinajstić information content (AvgIpc) is 2.73. The molecule has 1 N–H and O–H groups in total. The maximum Gasteiger partial charge on any atom is 0.101 e. The molecule has 2 unspecified atom stereocenters. The Morgan fingerprint density at radius 3 is 2.94 bits per heavy atom. The quantitative estimate of drug-likeness (QED) is 0.876. The molecule has 0 saturated heterocycles. The molecule has 0 aliphatic heterocycles. The Labute approximate surface area is 108 Å². The van der Waals surface area contributed by atoms with Gasteiger partial charge in [0.25, 0.3) is 0 Å². The maximum absolute atomic E-state index is 9.03. The van der Waals surface area contributed by atoms with Gasteiger partial charge in [-0.05, 0) is 42.9 Å². The number of nitriles is 1. The second-order valence-corrected chi connectivity index (χ2v) is 5.40. The second kappa shape index (κ2) is 5.42. The molecule has 1 aromatic rings. The van der Waals surface area contributed by atoms with Crippen molar-refractivity contribution in [1.29, 1.82) is 5.26 Å². The molecule has 1 fully saturated rings. The largest absolute Gasteiger partial charge is 0.384 e. The molecule has 0 heterocycles. The van der Waals surface area contributed by atoms with Crippen LogP contribution in [-0.2, 0) is 0 Å². The number of hydrogen-bond acceptors (Lipinski definition) is 2. The first kappa shape index (κ1) is 12.3. The van der Waals surface area contributed by atoms with E-state index in [-0.39, 0.29) is 0 Å². The van der Waals surface area contributed by atoms with Crippen LogP contribution in [0.1, 0.15) is 31.7 Å². The van der Waals surface area contributed by atoms with E-state index in [4.69, 9.17) is 16.9 Å². The van der Waals surface area contributed by atoms with Crippen molar-refractivity contribution in [3.05, 3.63) is 28.8 Å². The minimum absolute atomic E-state index is 0.613. The molecule has 2 nitrogen and oxygen atoms in total. The number of rotatable bonds is 3. The third-order valence-corrected chi connectivity index (χ3v) is 3.72. The molecular formula is C14H17ClN2. The summed E-state index contributed by atoms with van der Waals surface area (Å²) in [6.07, 6.45) is 3.92. The molecule has 90 valence electrons. The van der Waals surface area contributed by atoms with Gasteiger partial charge >= 0.3 is 0 Å². The molecule has 0 spiro atoms. The van der Waals surface area contributed by atoms with Gasteiger partial charge < -0.3 is 5.32 Å². The van der Waals surface area contributed by atoms with Crippen LogP contribution in [0, 0.1) is 23.2 Å². The Morgan fingerprint density at radius 2 is 2.29 bits per heavy atom. The van der Waals surface area contributed by atoms with Crippen molar-refractivity contribution in [2.75, 3.05) is 11.9 Å². The summed E-state index contributed by atoms with van der Waals surface area (Å²) >= 11 is 5.86. The van der Waals surface area contributed by atoms with Crippen LogP contribution in [0.3, 0.4) is 0 Å². The summed E-state index contributed by atoms with van der Waals surface area (Å²) in [4.78, 5) is 0. The average molecular weight is 249 g/mol. The Morgan fingerprint density at radius 1 is 1.47 bits per heavy atom. The van der Waals surface area contributed by atoms with Crippen LogP contribution in [0.2, 0.25) is 5.02 Å². The molecule has 1 saturated carbocycles. The number of nitrogens with zero attached hydrogens (tertiary/aromatic N) is 1. The molecule has 1 aromatic carbocycles. The van der Waals surface area contributed by atoms with Crippen molar-refractivity contribution in [2.24, 2.45) is 11.8 Å². The summed E-state index contributed by atoms with van der Waals surface area (Å²) in [5, 5.41) is 13.0. The normalized spacial score (nSPS) is 23.4. The highest BCUT2D eigenvalue weighted by Gasteiger charge is 2.21. The predicted molar refractivity (Wildman–Crippen MR) is 71.2 cm³/mol. The Balaban J connectivity index is 1.97. The van der Waals surface area contributed by atoms with Crippen LogP contribution in [-0.4, -0.2) is 6.54 Å². The predicted octanol–water partition coefficient (Wildman–Crippen LogP) is 4.06. The maximum atomic E-state index is 9.03. The van der Waals surface area contributed by atoms with Gasteiger partial charge in [-0.2, -0.15) is 5.26 Å². The number of halogens is 1. The Bertz CT molecular complexity index is 436. The summed E-state index contributed by atoms with van der Waals surface area (Å²) < 4.78 is 0. The van der Waals surface area contributed by atoms with Crippen LogP contribution in [0.4, 0.5) is 5.69 Å². The van der Waals surface area contributed by atoms with Gasteiger partial charge in [0.1, 0.15) is 6.07 Å². The lowest BCUT2D eigenvalue weighted by atomic mass is 10.1. The minimum Gasteiger partial charge on any atom is -0.384 e. The lowest BCUT2D eigenvalue weighted by Crippen LogP contribution is -2.12. The minimum atomic E-state index is 0.613. The zero-order chi connectivity index (χ0) is 12.3. The molecule has 2 rings (SSSR count). The zero-order valence-electron chi connectivity index (χ0n) is 10.0. The molecule has 1 aliphatic carbocycles. The van der Waals surface area contributed by atoms with E-state index in [1.54, 1.807) is 6.07 Å². The van der Waals surface area contributed by atoms with Crippen LogP contribution >= 0.6 is 11.6 Å². The molecule has 0 radical (unpaired) electrons. The summed E-state index contributed by atoms with van der Waals surface area (Å²) in [6, 6.07) is 7.59. The smallest absolute Gasteiger partial charge is 0.101 e. The van der Waals surface area contributed by atoms with E-state index in [9.17, 15) is 0 Å². The molecule has 17 heavy (non-hydrogen) atoms. The zero-order valence-corrected chi connectivity index (χ0v) is 10.8. The van der Waals surface area contributed by atoms with E-state index in [1.807, 2.05) is 12.1 Å². The first-order valence-electron chi connectivity index (χ1n) is 6.12. The van der Waals surface area contributed by atoms with Crippen LogP contribution in [0.5, 0.6) is 0 Å². The highest BCUT2D eigenvalue weighted by Crippen LogP contribution is 2.30. The van der Waals surface area contributed by atoms with Crippen molar-refractivity contribution in [3.63, 3.8) is 0 Å². The Hall–Kier alpha value is -1.20. The van der Waals surface area contributed by atoms with E-state index < -0.39 is 0 Å². The lowest BCUT2D eigenvalue weighted by molar-refractivity contribution is 0.537. The molecule has 1 aliphatic rings. The standard InChI is InChI=1S/C14H17ClN2/c1-10-2-3-11(6-10)9-17-14-5-4-13(15)7-12(14)8-16/h4-5,7,10-11,17H,2-3,6,9H2,1H3. The molecule has 0 amide bonds. The first-order valence-corrected chi connectivity index (χ1v) is 6.50. The van der Waals surface area contributed by atoms with E-state index >= 15 is 0 Å². The fourth-order valence-electron chi connectivity index (χ4n) is 2.53. The molecule has 0 aromatic heterocycles. The van der Waals surface area contributed by atoms with E-state index in [0.29, 0.717) is 10.6 Å². The van der Waals surface area contributed by atoms with E-state index in [1.165, 1.54) is 19.3 Å². The van der Waals surface area contributed by atoms with Crippen molar-refractivity contribution in [1.82, 2.24) is 0 Å². The summed E-state index contributed by atoms with van der Waals surface area (Å²) in [5.74, 6) is 1.59. The Kier molecular flexibility index (Phi) is 3.91. The number of anilines is 1. The second-order valence-electron chi connectivity index (χ2n) is 4.97. The molecular weight excluding hydrogens is 232 g/mol. The lowest BCUT2D eigenvalue weighted by Gasteiger charge is -2.13. The number of hydrogen-bond donors (Lipinski definition) is 1. The van der Waals surface area contributed by atoms with E-state index in [0.717, 1.165) is 24.1 Å². The highest BCUT2D eigenvalue weighted by atomic mass is 35.5. The van der Waals surface area contributed by atoms with Crippen LogP contribution < -0.4 is 5.32 Å². The summed E-state index contributed by atoms with van der Waals surface area (Å²) in [5.41, 5.74) is 1.53.